The second kappa shape index (κ2) is 8.34. The monoisotopic (exact) mass is 412 g/mol. The lowest BCUT2D eigenvalue weighted by molar-refractivity contribution is 0.0526. The van der Waals surface area contributed by atoms with E-state index < -0.39 is 5.97 Å². The number of fused-ring (bicyclic) bond motifs is 1. The van der Waals surface area contributed by atoms with Crippen LogP contribution < -0.4 is 9.47 Å². The van der Waals surface area contributed by atoms with Crippen LogP contribution >= 0.6 is 0 Å². The summed E-state index contributed by atoms with van der Waals surface area (Å²) in [6.07, 6.45) is 1.26. The third kappa shape index (κ3) is 3.84. The molecule has 3 rings (SSSR count). The van der Waals surface area contributed by atoms with E-state index in [1.807, 2.05) is 12.1 Å². The lowest BCUT2D eigenvalue weighted by Gasteiger charge is -2.33. The van der Waals surface area contributed by atoms with Gasteiger partial charge in [0.15, 0.2) is 11.5 Å². The molecule has 0 bridgehead atoms. The average Bonchev–Trinajstić information content (AvgIpc) is 2.70. The van der Waals surface area contributed by atoms with E-state index in [9.17, 15) is 10.0 Å². The van der Waals surface area contributed by atoms with Crippen molar-refractivity contribution < 1.29 is 24.2 Å². The highest BCUT2D eigenvalue weighted by atomic mass is 16.5. The molecule has 1 N–H and O–H groups in total. The lowest BCUT2D eigenvalue weighted by atomic mass is 9.72. The van der Waals surface area contributed by atoms with Crippen molar-refractivity contribution in [2.45, 2.75) is 40.5 Å². The number of ether oxygens (including phenoxy) is 3. The molecule has 7 heteroatoms. The van der Waals surface area contributed by atoms with E-state index in [2.05, 4.69) is 19.0 Å². The number of hydrogen-bond donors (Lipinski definition) is 1. The fourth-order valence-electron chi connectivity index (χ4n) is 4.08. The zero-order valence-corrected chi connectivity index (χ0v) is 18.3. The van der Waals surface area contributed by atoms with E-state index in [4.69, 9.17) is 19.2 Å². The molecule has 30 heavy (non-hydrogen) atoms. The van der Waals surface area contributed by atoms with Crippen molar-refractivity contribution in [1.82, 2.24) is 4.98 Å². The second-order valence-corrected chi connectivity index (χ2v) is 8.12. The predicted octanol–water partition coefficient (Wildman–Crippen LogP) is 4.40. The Bertz CT molecular complexity index is 1010. The molecule has 1 aromatic heterocycles. The van der Waals surface area contributed by atoms with Gasteiger partial charge in [0.1, 0.15) is 0 Å². The Labute approximate surface area is 176 Å². The number of aryl methyl sites for hydroxylation is 1. The number of hydrogen-bond acceptors (Lipinski definition) is 7. The summed E-state index contributed by atoms with van der Waals surface area (Å²) < 4.78 is 16.2. The zero-order chi connectivity index (χ0) is 22.1. The molecule has 0 radical (unpaired) electrons. The average molecular weight is 412 g/mol. The maximum absolute atomic E-state index is 12.9. The van der Waals surface area contributed by atoms with Gasteiger partial charge >= 0.3 is 5.97 Å². The number of carbonyl (C=O) groups is 1. The summed E-state index contributed by atoms with van der Waals surface area (Å²) in [6, 6.07) is 5.45. The van der Waals surface area contributed by atoms with Crippen LogP contribution in [-0.2, 0) is 11.2 Å². The van der Waals surface area contributed by atoms with Crippen LogP contribution in [0.3, 0.4) is 0 Å². The third-order valence-electron chi connectivity index (χ3n) is 5.31. The molecule has 1 heterocycles. The van der Waals surface area contributed by atoms with Crippen molar-refractivity contribution in [3.8, 4) is 22.6 Å². The number of nitrogens with zero attached hydrogens (tertiary/aromatic N) is 2. The van der Waals surface area contributed by atoms with Crippen molar-refractivity contribution in [1.29, 1.82) is 0 Å². The maximum atomic E-state index is 12.9. The smallest absolute Gasteiger partial charge is 0.340 e. The van der Waals surface area contributed by atoms with Gasteiger partial charge in [-0.3, -0.25) is 4.98 Å². The van der Waals surface area contributed by atoms with Crippen LogP contribution in [-0.4, -0.2) is 42.7 Å². The number of pyridine rings is 1. The van der Waals surface area contributed by atoms with E-state index in [-0.39, 0.29) is 12.0 Å². The minimum absolute atomic E-state index is 0.117. The minimum Gasteiger partial charge on any atom is -0.493 e. The Kier molecular flexibility index (Phi) is 6.01. The number of methoxy groups -OCH3 is 2. The molecule has 0 saturated heterocycles. The van der Waals surface area contributed by atoms with Gasteiger partial charge in [0, 0.05) is 11.1 Å². The molecule has 0 amide bonds. The minimum atomic E-state index is -0.461. The molecule has 0 atom stereocenters. The first kappa shape index (κ1) is 21.6. The molecule has 7 nitrogen and oxygen atoms in total. The predicted molar refractivity (Wildman–Crippen MR) is 114 cm³/mol. The summed E-state index contributed by atoms with van der Waals surface area (Å²) in [6.45, 7) is 8.02. The van der Waals surface area contributed by atoms with Gasteiger partial charge in [0.05, 0.1) is 43.5 Å². The van der Waals surface area contributed by atoms with Crippen LogP contribution in [0.2, 0.25) is 0 Å². The van der Waals surface area contributed by atoms with Crippen molar-refractivity contribution in [3.05, 3.63) is 40.7 Å². The van der Waals surface area contributed by atoms with Crippen molar-refractivity contribution >= 4 is 11.7 Å². The highest BCUT2D eigenvalue weighted by Crippen LogP contribution is 2.43. The molecule has 0 aliphatic heterocycles. The summed E-state index contributed by atoms with van der Waals surface area (Å²) in [5.41, 5.74) is 4.18. The van der Waals surface area contributed by atoms with E-state index in [0.717, 1.165) is 11.3 Å². The van der Waals surface area contributed by atoms with Crippen LogP contribution in [0, 0.1) is 12.3 Å². The van der Waals surface area contributed by atoms with Crippen LogP contribution in [0.25, 0.3) is 11.1 Å². The van der Waals surface area contributed by atoms with Crippen molar-refractivity contribution in [2.24, 2.45) is 10.6 Å². The largest absolute Gasteiger partial charge is 0.493 e. The van der Waals surface area contributed by atoms with Gasteiger partial charge in [-0.25, -0.2) is 4.79 Å². The maximum Gasteiger partial charge on any atom is 0.340 e. The van der Waals surface area contributed by atoms with Gasteiger partial charge in [-0.05, 0) is 49.8 Å². The number of esters is 1. The van der Waals surface area contributed by atoms with Gasteiger partial charge < -0.3 is 19.4 Å². The number of rotatable bonds is 5. The summed E-state index contributed by atoms with van der Waals surface area (Å²) in [7, 11) is 3.13. The third-order valence-corrected chi connectivity index (χ3v) is 5.31. The number of oxime groups is 1. The number of aromatic nitrogens is 1. The van der Waals surface area contributed by atoms with Crippen LogP contribution in [0.5, 0.6) is 11.5 Å². The summed E-state index contributed by atoms with van der Waals surface area (Å²) in [4.78, 5) is 17.6. The molecular weight excluding hydrogens is 384 g/mol. The quantitative estimate of drug-likeness (QED) is 0.445. The van der Waals surface area contributed by atoms with Crippen molar-refractivity contribution in [3.63, 3.8) is 0 Å². The van der Waals surface area contributed by atoms with E-state index in [1.165, 1.54) is 0 Å². The Morgan fingerprint density at radius 3 is 2.47 bits per heavy atom. The van der Waals surface area contributed by atoms with Gasteiger partial charge in [-0.2, -0.15) is 0 Å². The molecule has 1 aliphatic rings. The zero-order valence-electron chi connectivity index (χ0n) is 18.3. The molecule has 0 fully saturated rings. The van der Waals surface area contributed by atoms with Crippen LogP contribution in [0.4, 0.5) is 0 Å². The summed E-state index contributed by atoms with van der Waals surface area (Å²) >= 11 is 0. The summed E-state index contributed by atoms with van der Waals surface area (Å²) in [5.74, 6) is 0.652. The van der Waals surface area contributed by atoms with Gasteiger partial charge in [-0.15, -0.1) is 0 Å². The summed E-state index contributed by atoms with van der Waals surface area (Å²) in [5, 5.41) is 13.4. The first-order valence-electron chi connectivity index (χ1n) is 9.90. The first-order valence-corrected chi connectivity index (χ1v) is 9.90. The molecule has 1 aromatic carbocycles. The van der Waals surface area contributed by atoms with Crippen LogP contribution in [0.1, 0.15) is 54.5 Å². The lowest BCUT2D eigenvalue weighted by Crippen LogP contribution is -2.30. The van der Waals surface area contributed by atoms with Crippen LogP contribution in [0.15, 0.2) is 23.4 Å². The first-order chi connectivity index (χ1) is 14.3. The SMILES string of the molecule is CCOC(=O)c1c(C)nc2c(c1-c1ccc(OC)c(OC)c1)C(=NO)CC(C)(C)C2. The molecule has 0 saturated carbocycles. The van der Waals surface area contributed by atoms with E-state index in [0.29, 0.717) is 52.4 Å². The Morgan fingerprint density at radius 2 is 1.87 bits per heavy atom. The van der Waals surface area contributed by atoms with E-state index in [1.54, 1.807) is 34.1 Å². The number of carbonyl (C=O) groups excluding carboxylic acids is 1. The molecule has 0 spiro atoms. The van der Waals surface area contributed by atoms with Gasteiger partial charge in [0.25, 0.3) is 0 Å². The Balaban J connectivity index is 2.39. The fraction of sp³-hybridized carbons (Fsp3) is 0.435. The molecular formula is C23H28N2O5. The van der Waals surface area contributed by atoms with Crippen molar-refractivity contribution in [2.75, 3.05) is 20.8 Å². The molecule has 2 aromatic rings. The highest BCUT2D eigenvalue weighted by Gasteiger charge is 2.36. The normalized spacial score (nSPS) is 16.1. The molecule has 1 aliphatic carbocycles. The fourth-order valence-corrected chi connectivity index (χ4v) is 4.08. The van der Waals surface area contributed by atoms with Gasteiger partial charge in [-0.1, -0.05) is 25.1 Å². The second-order valence-electron chi connectivity index (χ2n) is 8.12. The van der Waals surface area contributed by atoms with Gasteiger partial charge in [0.2, 0.25) is 0 Å². The Hall–Kier alpha value is -3.09. The molecule has 0 unspecified atom stereocenters. The Morgan fingerprint density at radius 1 is 1.17 bits per heavy atom. The van der Waals surface area contributed by atoms with E-state index >= 15 is 0 Å². The standard InChI is InChI=1S/C23H28N2O5/c1-7-30-22(26)19-13(2)24-15-11-23(3,4)12-16(25-27)21(15)20(19)14-8-9-17(28-5)18(10-14)29-6/h8-10,27H,7,11-12H2,1-6H3. The highest BCUT2D eigenvalue weighted by molar-refractivity contribution is 6.12. The number of benzene rings is 1. The molecule has 160 valence electrons. The topological polar surface area (TPSA) is 90.2 Å².